The van der Waals surface area contributed by atoms with Gasteiger partial charge in [0.15, 0.2) is 0 Å². The first-order valence-corrected chi connectivity index (χ1v) is 6.75. The van der Waals surface area contributed by atoms with Crippen molar-refractivity contribution in [2.75, 3.05) is 0 Å². The lowest BCUT2D eigenvalue weighted by atomic mass is 10.1. The third-order valence-corrected chi connectivity index (χ3v) is 3.50. The second-order valence-corrected chi connectivity index (χ2v) is 5.10. The molecule has 3 nitrogen and oxygen atoms in total. The maximum atomic E-state index is 9.21. The lowest BCUT2D eigenvalue weighted by Gasteiger charge is -2.17. The largest absolute Gasteiger partial charge is 0.473 e. The van der Waals surface area contributed by atoms with E-state index >= 15 is 0 Å². The van der Waals surface area contributed by atoms with Crippen LogP contribution in [0.1, 0.15) is 55.3 Å². The van der Waals surface area contributed by atoms with Crippen LogP contribution in [0.2, 0.25) is 0 Å². The van der Waals surface area contributed by atoms with Crippen LogP contribution in [-0.2, 0) is 0 Å². The first kappa shape index (κ1) is 12.9. The Labute approximate surface area is 109 Å². The Balaban J connectivity index is 2.19. The van der Waals surface area contributed by atoms with Crippen LogP contribution in [0.25, 0.3) is 0 Å². The predicted molar refractivity (Wildman–Crippen MR) is 70.5 cm³/mol. The molecule has 1 heterocycles. The number of nitriles is 1. The first-order valence-electron chi connectivity index (χ1n) is 6.75. The molecule has 0 N–H and O–H groups in total. The summed E-state index contributed by atoms with van der Waals surface area (Å²) in [6, 6.07) is 4.14. The zero-order valence-corrected chi connectivity index (χ0v) is 11.2. The summed E-state index contributed by atoms with van der Waals surface area (Å²) in [6.07, 6.45) is 7.43. The molecule has 0 bridgehead atoms. The van der Waals surface area contributed by atoms with Gasteiger partial charge in [0.1, 0.15) is 17.7 Å². The van der Waals surface area contributed by atoms with Gasteiger partial charge in [-0.1, -0.05) is 12.8 Å². The van der Waals surface area contributed by atoms with Crippen molar-refractivity contribution in [2.45, 2.75) is 58.5 Å². The van der Waals surface area contributed by atoms with Crippen LogP contribution < -0.4 is 4.74 Å². The van der Waals surface area contributed by atoms with Gasteiger partial charge in [0.2, 0.25) is 5.88 Å². The monoisotopic (exact) mass is 244 g/mol. The molecule has 2 rings (SSSR count). The van der Waals surface area contributed by atoms with Gasteiger partial charge in [-0.25, -0.2) is 4.98 Å². The molecule has 18 heavy (non-hydrogen) atoms. The Bertz CT molecular complexity index is 454. The van der Waals surface area contributed by atoms with Gasteiger partial charge < -0.3 is 4.74 Å². The second kappa shape index (κ2) is 5.86. The summed E-state index contributed by atoms with van der Waals surface area (Å²) in [5, 5.41) is 9.21. The van der Waals surface area contributed by atoms with Crippen molar-refractivity contribution in [3.05, 3.63) is 22.9 Å². The van der Waals surface area contributed by atoms with E-state index in [2.05, 4.69) is 11.1 Å². The minimum atomic E-state index is 0.230. The maximum Gasteiger partial charge on any atom is 0.232 e. The molecule has 1 aliphatic rings. The molecule has 0 aliphatic heterocycles. The molecule has 1 saturated carbocycles. The molecule has 1 aromatic heterocycles. The lowest BCUT2D eigenvalue weighted by Crippen LogP contribution is -2.17. The second-order valence-electron chi connectivity index (χ2n) is 5.10. The van der Waals surface area contributed by atoms with Crippen molar-refractivity contribution in [1.29, 1.82) is 5.26 Å². The summed E-state index contributed by atoms with van der Waals surface area (Å²) in [5.41, 5.74) is 2.45. The minimum absolute atomic E-state index is 0.230. The average Bonchev–Trinajstić information content (AvgIpc) is 2.57. The molecule has 0 amide bonds. The minimum Gasteiger partial charge on any atom is -0.473 e. The van der Waals surface area contributed by atoms with E-state index in [0.717, 1.165) is 24.1 Å². The van der Waals surface area contributed by atoms with Gasteiger partial charge in [-0.15, -0.1) is 0 Å². The fraction of sp³-hybridized carbons (Fsp3) is 0.600. The van der Waals surface area contributed by atoms with Crippen LogP contribution in [0.3, 0.4) is 0 Å². The molecule has 96 valence electrons. The topological polar surface area (TPSA) is 45.9 Å². The highest BCUT2D eigenvalue weighted by molar-refractivity contribution is 5.45. The third-order valence-electron chi connectivity index (χ3n) is 3.50. The highest BCUT2D eigenvalue weighted by Crippen LogP contribution is 2.25. The molecule has 0 saturated heterocycles. The highest BCUT2D eigenvalue weighted by atomic mass is 16.5. The maximum absolute atomic E-state index is 9.21. The van der Waals surface area contributed by atoms with E-state index in [9.17, 15) is 5.26 Å². The Kier molecular flexibility index (Phi) is 4.19. The summed E-state index contributed by atoms with van der Waals surface area (Å²) in [7, 11) is 0. The fourth-order valence-corrected chi connectivity index (χ4v) is 2.54. The van der Waals surface area contributed by atoms with Crippen LogP contribution >= 0.6 is 0 Å². The molecular weight excluding hydrogens is 224 g/mol. The predicted octanol–water partition coefficient (Wildman–Crippen LogP) is 3.67. The van der Waals surface area contributed by atoms with Crippen molar-refractivity contribution >= 4 is 0 Å². The Morgan fingerprint density at radius 1 is 1.22 bits per heavy atom. The summed E-state index contributed by atoms with van der Waals surface area (Å²) < 4.78 is 5.99. The van der Waals surface area contributed by atoms with Crippen LogP contribution in [0.5, 0.6) is 5.88 Å². The van der Waals surface area contributed by atoms with Crippen molar-refractivity contribution in [2.24, 2.45) is 0 Å². The summed E-state index contributed by atoms with van der Waals surface area (Å²) in [4.78, 5) is 4.38. The van der Waals surface area contributed by atoms with E-state index in [-0.39, 0.29) is 6.10 Å². The van der Waals surface area contributed by atoms with Crippen LogP contribution in [-0.4, -0.2) is 11.1 Å². The molecule has 0 aromatic carbocycles. The number of hydrogen-bond donors (Lipinski definition) is 0. The lowest BCUT2D eigenvalue weighted by molar-refractivity contribution is 0.175. The molecular formula is C15H20N2O. The Morgan fingerprint density at radius 2 is 1.89 bits per heavy atom. The number of hydrogen-bond acceptors (Lipinski definition) is 3. The number of nitrogens with zero attached hydrogens (tertiary/aromatic N) is 2. The SMILES string of the molecule is Cc1cc(C)c(C#N)c(OC2CCCCCC2)n1. The summed E-state index contributed by atoms with van der Waals surface area (Å²) in [5.74, 6) is 0.530. The van der Waals surface area contributed by atoms with E-state index in [1.54, 1.807) is 0 Å². The molecule has 1 aliphatic carbocycles. The van der Waals surface area contributed by atoms with Gasteiger partial charge in [-0.2, -0.15) is 5.26 Å². The standard InChI is InChI=1S/C15H20N2O/c1-11-9-12(2)17-15(14(11)10-16)18-13-7-5-3-4-6-8-13/h9,13H,3-8H2,1-2H3. The van der Waals surface area contributed by atoms with E-state index in [4.69, 9.17) is 4.74 Å². The van der Waals surface area contributed by atoms with Gasteiger partial charge in [-0.05, 0) is 51.2 Å². The molecule has 1 aromatic rings. The van der Waals surface area contributed by atoms with E-state index in [1.165, 1.54) is 25.7 Å². The first-order chi connectivity index (χ1) is 8.70. The number of pyridine rings is 1. The molecule has 0 unspecified atom stereocenters. The Hall–Kier alpha value is -1.56. The van der Waals surface area contributed by atoms with Crippen molar-refractivity contribution in [1.82, 2.24) is 4.98 Å². The summed E-state index contributed by atoms with van der Waals surface area (Å²) in [6.45, 7) is 3.88. The highest BCUT2D eigenvalue weighted by Gasteiger charge is 2.17. The van der Waals surface area contributed by atoms with Crippen LogP contribution in [0, 0.1) is 25.2 Å². The van der Waals surface area contributed by atoms with Gasteiger partial charge in [0.25, 0.3) is 0 Å². The van der Waals surface area contributed by atoms with E-state index in [0.29, 0.717) is 11.4 Å². The van der Waals surface area contributed by atoms with Gasteiger partial charge in [0, 0.05) is 5.69 Å². The van der Waals surface area contributed by atoms with Gasteiger partial charge in [-0.3, -0.25) is 0 Å². The van der Waals surface area contributed by atoms with Crippen molar-refractivity contribution in [3.63, 3.8) is 0 Å². The third kappa shape index (κ3) is 3.01. The van der Waals surface area contributed by atoms with Crippen molar-refractivity contribution in [3.8, 4) is 11.9 Å². The molecule has 0 spiro atoms. The summed E-state index contributed by atoms with van der Waals surface area (Å²) >= 11 is 0. The fourth-order valence-electron chi connectivity index (χ4n) is 2.54. The van der Waals surface area contributed by atoms with Crippen LogP contribution in [0.4, 0.5) is 0 Å². The smallest absolute Gasteiger partial charge is 0.232 e. The van der Waals surface area contributed by atoms with Gasteiger partial charge in [0.05, 0.1) is 0 Å². The van der Waals surface area contributed by atoms with Gasteiger partial charge >= 0.3 is 0 Å². The molecule has 0 atom stereocenters. The number of ether oxygens (including phenoxy) is 1. The van der Waals surface area contributed by atoms with E-state index in [1.807, 2.05) is 19.9 Å². The number of aromatic nitrogens is 1. The van der Waals surface area contributed by atoms with Crippen LogP contribution in [0.15, 0.2) is 6.07 Å². The average molecular weight is 244 g/mol. The van der Waals surface area contributed by atoms with Crippen molar-refractivity contribution < 1.29 is 4.74 Å². The quantitative estimate of drug-likeness (QED) is 0.746. The molecule has 3 heteroatoms. The number of rotatable bonds is 2. The normalized spacial score (nSPS) is 16.9. The number of aryl methyl sites for hydroxylation is 2. The van der Waals surface area contributed by atoms with E-state index < -0.39 is 0 Å². The Morgan fingerprint density at radius 3 is 2.50 bits per heavy atom. The molecule has 1 fully saturated rings. The zero-order valence-electron chi connectivity index (χ0n) is 11.2. The molecule has 0 radical (unpaired) electrons. The zero-order chi connectivity index (χ0) is 13.0.